The lowest BCUT2D eigenvalue weighted by atomic mass is 9.84. The van der Waals surface area contributed by atoms with Crippen molar-refractivity contribution in [1.82, 2.24) is 0 Å². The van der Waals surface area contributed by atoms with E-state index in [2.05, 4.69) is 254 Å². The van der Waals surface area contributed by atoms with Crippen LogP contribution in [-0.4, -0.2) is 0 Å². The predicted molar refractivity (Wildman–Crippen MR) is 251 cm³/mol. The van der Waals surface area contributed by atoms with Crippen LogP contribution in [0.3, 0.4) is 0 Å². The van der Waals surface area contributed by atoms with E-state index in [4.69, 9.17) is 0 Å². The standard InChI is InChI=1S/C58H41N/c1-4-19-42(20-5-1)51-30-12-13-32-56(51)58-54(45-23-8-3-9-24-45)34-18-35-55(58)46-37-39-48(40-38-46)59(57-36-15-14-31-53(57)44-21-6-2-7-22-44)49-28-16-27-47(41-49)52-33-17-26-43-25-10-11-29-50(43)52/h1-41H. The van der Waals surface area contributed by atoms with E-state index in [9.17, 15) is 0 Å². The zero-order valence-electron chi connectivity index (χ0n) is 32.6. The molecule has 1 nitrogen and oxygen atoms in total. The Bertz CT molecular complexity index is 3020. The van der Waals surface area contributed by atoms with Crippen LogP contribution >= 0.6 is 0 Å². The van der Waals surface area contributed by atoms with Gasteiger partial charge in [0.1, 0.15) is 0 Å². The molecule has 0 aromatic heterocycles. The van der Waals surface area contributed by atoms with E-state index in [0.717, 1.165) is 22.6 Å². The molecule has 0 aliphatic heterocycles. The average Bonchev–Trinajstić information content (AvgIpc) is 3.32. The average molecular weight is 752 g/mol. The van der Waals surface area contributed by atoms with Gasteiger partial charge in [-0.05, 0) is 102 Å². The van der Waals surface area contributed by atoms with Gasteiger partial charge in [-0.3, -0.25) is 0 Å². The molecule has 59 heavy (non-hydrogen) atoms. The Kier molecular flexibility index (Phi) is 9.68. The lowest BCUT2D eigenvalue weighted by Crippen LogP contribution is -2.11. The molecule has 10 aromatic rings. The van der Waals surface area contributed by atoms with E-state index in [0.29, 0.717) is 0 Å². The van der Waals surface area contributed by atoms with Crippen LogP contribution in [0, 0.1) is 0 Å². The Morgan fingerprint density at radius 1 is 0.237 bits per heavy atom. The van der Waals surface area contributed by atoms with Crippen LogP contribution in [0.1, 0.15) is 0 Å². The molecule has 0 unspecified atom stereocenters. The molecular weight excluding hydrogens is 711 g/mol. The van der Waals surface area contributed by atoms with Crippen molar-refractivity contribution in [2.24, 2.45) is 0 Å². The summed E-state index contributed by atoms with van der Waals surface area (Å²) >= 11 is 0. The summed E-state index contributed by atoms with van der Waals surface area (Å²) in [5, 5.41) is 2.48. The highest BCUT2D eigenvalue weighted by Crippen LogP contribution is 2.46. The molecule has 278 valence electrons. The Labute approximate surface area is 346 Å². The maximum Gasteiger partial charge on any atom is 0.0540 e. The molecule has 10 aromatic carbocycles. The Morgan fingerprint density at radius 2 is 0.678 bits per heavy atom. The smallest absolute Gasteiger partial charge is 0.0540 e. The number of nitrogens with zero attached hydrogens (tertiary/aromatic N) is 1. The maximum absolute atomic E-state index is 2.41. The second-order valence-electron chi connectivity index (χ2n) is 14.8. The Hall–Kier alpha value is -7.74. The first-order valence-corrected chi connectivity index (χ1v) is 20.3. The zero-order valence-corrected chi connectivity index (χ0v) is 32.6. The molecule has 0 heterocycles. The van der Waals surface area contributed by atoms with Crippen LogP contribution in [0.4, 0.5) is 17.1 Å². The van der Waals surface area contributed by atoms with Crippen LogP contribution in [0.2, 0.25) is 0 Å². The third kappa shape index (κ3) is 7.01. The van der Waals surface area contributed by atoms with Crippen molar-refractivity contribution in [3.05, 3.63) is 249 Å². The fraction of sp³-hybridized carbons (Fsp3) is 0. The van der Waals surface area contributed by atoms with Crippen molar-refractivity contribution in [2.45, 2.75) is 0 Å². The molecule has 0 saturated carbocycles. The fourth-order valence-electron chi connectivity index (χ4n) is 8.55. The van der Waals surface area contributed by atoms with Gasteiger partial charge in [0.15, 0.2) is 0 Å². The molecule has 0 saturated heterocycles. The lowest BCUT2D eigenvalue weighted by molar-refractivity contribution is 1.28. The van der Waals surface area contributed by atoms with Gasteiger partial charge in [0.2, 0.25) is 0 Å². The van der Waals surface area contributed by atoms with Gasteiger partial charge >= 0.3 is 0 Å². The molecule has 0 aliphatic rings. The Morgan fingerprint density at radius 3 is 1.37 bits per heavy atom. The van der Waals surface area contributed by atoms with Crippen molar-refractivity contribution in [3.8, 4) is 66.8 Å². The Balaban J connectivity index is 1.15. The van der Waals surface area contributed by atoms with Crippen molar-refractivity contribution >= 4 is 27.8 Å². The van der Waals surface area contributed by atoms with E-state index in [1.54, 1.807) is 0 Å². The second kappa shape index (κ2) is 16.0. The minimum absolute atomic E-state index is 1.08. The fourth-order valence-corrected chi connectivity index (χ4v) is 8.55. The number of benzene rings is 10. The molecule has 0 radical (unpaired) electrons. The molecule has 0 aliphatic carbocycles. The van der Waals surface area contributed by atoms with Crippen LogP contribution < -0.4 is 4.90 Å². The minimum atomic E-state index is 1.08. The third-order valence-electron chi connectivity index (χ3n) is 11.3. The number of para-hydroxylation sites is 1. The molecule has 0 bridgehead atoms. The van der Waals surface area contributed by atoms with Gasteiger partial charge in [0.25, 0.3) is 0 Å². The molecule has 0 fully saturated rings. The molecular formula is C58H41N. The largest absolute Gasteiger partial charge is 0.310 e. The van der Waals surface area contributed by atoms with E-state index in [1.165, 1.54) is 72.0 Å². The van der Waals surface area contributed by atoms with Gasteiger partial charge in [0, 0.05) is 16.9 Å². The number of rotatable bonds is 9. The van der Waals surface area contributed by atoms with Crippen LogP contribution in [0.5, 0.6) is 0 Å². The summed E-state index contributed by atoms with van der Waals surface area (Å²) in [5.74, 6) is 0. The first-order chi connectivity index (χ1) is 29.3. The normalized spacial score (nSPS) is 11.1. The highest BCUT2D eigenvalue weighted by atomic mass is 15.1. The highest BCUT2D eigenvalue weighted by Gasteiger charge is 2.21. The predicted octanol–water partition coefficient (Wildman–Crippen LogP) is 16.3. The van der Waals surface area contributed by atoms with E-state index in [-0.39, 0.29) is 0 Å². The topological polar surface area (TPSA) is 3.24 Å². The number of hydrogen-bond donors (Lipinski definition) is 0. The monoisotopic (exact) mass is 751 g/mol. The lowest BCUT2D eigenvalue weighted by Gasteiger charge is -2.28. The quantitative estimate of drug-likeness (QED) is 0.142. The van der Waals surface area contributed by atoms with Crippen LogP contribution in [-0.2, 0) is 0 Å². The van der Waals surface area contributed by atoms with Crippen molar-refractivity contribution in [1.29, 1.82) is 0 Å². The first-order valence-electron chi connectivity index (χ1n) is 20.3. The number of anilines is 3. The van der Waals surface area contributed by atoms with E-state index in [1.807, 2.05) is 0 Å². The van der Waals surface area contributed by atoms with Crippen molar-refractivity contribution in [3.63, 3.8) is 0 Å². The summed E-state index contributed by atoms with van der Waals surface area (Å²) in [6.45, 7) is 0. The number of fused-ring (bicyclic) bond motifs is 1. The van der Waals surface area contributed by atoms with Crippen molar-refractivity contribution < 1.29 is 0 Å². The molecule has 0 spiro atoms. The first kappa shape index (κ1) is 35.7. The van der Waals surface area contributed by atoms with Crippen molar-refractivity contribution in [2.75, 3.05) is 4.90 Å². The van der Waals surface area contributed by atoms with E-state index >= 15 is 0 Å². The maximum atomic E-state index is 2.41. The molecule has 0 amide bonds. The third-order valence-corrected chi connectivity index (χ3v) is 11.3. The van der Waals surface area contributed by atoms with Gasteiger partial charge < -0.3 is 4.90 Å². The molecule has 0 atom stereocenters. The number of hydrogen-bond acceptors (Lipinski definition) is 1. The second-order valence-corrected chi connectivity index (χ2v) is 14.8. The van der Waals surface area contributed by atoms with Crippen LogP contribution in [0.15, 0.2) is 249 Å². The molecule has 1 heteroatoms. The van der Waals surface area contributed by atoms with Gasteiger partial charge in [-0.25, -0.2) is 0 Å². The summed E-state index contributed by atoms with van der Waals surface area (Å²) in [7, 11) is 0. The van der Waals surface area contributed by atoms with Gasteiger partial charge in [0.05, 0.1) is 5.69 Å². The molecule has 10 rings (SSSR count). The summed E-state index contributed by atoms with van der Waals surface area (Å²) in [4.78, 5) is 2.41. The zero-order chi connectivity index (χ0) is 39.4. The summed E-state index contributed by atoms with van der Waals surface area (Å²) in [6, 6.07) is 89.8. The summed E-state index contributed by atoms with van der Waals surface area (Å²) < 4.78 is 0. The summed E-state index contributed by atoms with van der Waals surface area (Å²) in [6.07, 6.45) is 0. The highest BCUT2D eigenvalue weighted by molar-refractivity contribution is 6.01. The van der Waals surface area contributed by atoms with Gasteiger partial charge in [-0.2, -0.15) is 0 Å². The van der Waals surface area contributed by atoms with Crippen LogP contribution in [0.25, 0.3) is 77.5 Å². The molecule has 0 N–H and O–H groups in total. The SMILES string of the molecule is c1ccc(-c2ccccc2-c2c(-c3ccccc3)cccc2-c2ccc(N(c3cccc(-c4cccc5ccccc45)c3)c3ccccc3-c3ccccc3)cc2)cc1. The van der Waals surface area contributed by atoms with Gasteiger partial charge in [-0.1, -0.05) is 218 Å². The van der Waals surface area contributed by atoms with Gasteiger partial charge in [-0.15, -0.1) is 0 Å². The minimum Gasteiger partial charge on any atom is -0.310 e. The summed E-state index contributed by atoms with van der Waals surface area (Å²) in [5.41, 5.74) is 17.6. The van der Waals surface area contributed by atoms with E-state index < -0.39 is 0 Å².